The minimum atomic E-state index is -4.04. The van der Waals surface area contributed by atoms with E-state index in [0.29, 0.717) is 12.8 Å². The summed E-state index contributed by atoms with van der Waals surface area (Å²) in [5, 5.41) is 0. The van der Waals surface area contributed by atoms with Crippen LogP contribution in [-0.2, 0) is 14.8 Å². The summed E-state index contributed by atoms with van der Waals surface area (Å²) in [7, 11) is -4.04. The summed E-state index contributed by atoms with van der Waals surface area (Å²) < 4.78 is 55.4. The number of carbonyl (C=O) groups excluding carboxylic acids is 1. The summed E-state index contributed by atoms with van der Waals surface area (Å²) in [4.78, 5) is 10.9. The third kappa shape index (κ3) is 3.53. The van der Waals surface area contributed by atoms with Gasteiger partial charge in [-0.15, -0.1) is 0 Å². The molecule has 1 atom stereocenters. The minimum absolute atomic E-state index is 0.0549. The smallest absolute Gasteiger partial charge is 0.387 e. The molecule has 2 N–H and O–H groups in total. The van der Waals surface area contributed by atoms with Gasteiger partial charge in [0.2, 0.25) is 15.9 Å². The molecule has 1 fully saturated rings. The van der Waals surface area contributed by atoms with Gasteiger partial charge < -0.3 is 10.5 Å². The lowest BCUT2D eigenvalue weighted by atomic mass is 9.99. The predicted octanol–water partition coefficient (Wildman–Crippen LogP) is 1.17. The van der Waals surface area contributed by atoms with E-state index < -0.39 is 34.2 Å². The van der Waals surface area contributed by atoms with E-state index in [-0.39, 0.29) is 18.0 Å². The van der Waals surface area contributed by atoms with Crippen molar-refractivity contribution in [1.29, 1.82) is 0 Å². The van der Waals surface area contributed by atoms with E-state index in [9.17, 15) is 22.0 Å². The summed E-state index contributed by atoms with van der Waals surface area (Å²) in [6.45, 7) is -2.98. The van der Waals surface area contributed by atoms with Crippen LogP contribution in [-0.4, -0.2) is 38.3 Å². The van der Waals surface area contributed by atoms with Crippen LogP contribution >= 0.6 is 0 Å². The Morgan fingerprint density at radius 1 is 1.36 bits per heavy atom. The molecule has 22 heavy (non-hydrogen) atoms. The second kappa shape index (κ2) is 6.57. The number of para-hydroxylation sites is 1. The molecule has 1 aromatic rings. The first-order valence-corrected chi connectivity index (χ1v) is 8.09. The number of hydrogen-bond donors (Lipinski definition) is 1. The first-order chi connectivity index (χ1) is 10.3. The van der Waals surface area contributed by atoms with Crippen LogP contribution in [0.3, 0.4) is 0 Å². The lowest BCUT2D eigenvalue weighted by molar-refractivity contribution is -0.122. The number of carbonyl (C=O) groups is 1. The fourth-order valence-corrected chi connectivity index (χ4v) is 4.03. The first-order valence-electron chi connectivity index (χ1n) is 6.65. The molecule has 1 amide bonds. The third-order valence-electron chi connectivity index (χ3n) is 3.47. The van der Waals surface area contributed by atoms with Crippen LogP contribution in [0.2, 0.25) is 0 Å². The van der Waals surface area contributed by atoms with Crippen molar-refractivity contribution in [2.24, 2.45) is 11.7 Å². The number of rotatable bonds is 5. The van der Waals surface area contributed by atoms with Crippen molar-refractivity contribution in [2.45, 2.75) is 24.3 Å². The van der Waals surface area contributed by atoms with Gasteiger partial charge in [-0.25, -0.2) is 8.42 Å². The zero-order chi connectivity index (χ0) is 16.3. The second-order valence-corrected chi connectivity index (χ2v) is 6.84. The Kier molecular flexibility index (Phi) is 4.97. The topological polar surface area (TPSA) is 89.7 Å². The summed E-state index contributed by atoms with van der Waals surface area (Å²) in [5.74, 6) is -1.57. The van der Waals surface area contributed by atoms with Gasteiger partial charge in [-0.05, 0) is 25.0 Å². The Balaban J connectivity index is 2.32. The van der Waals surface area contributed by atoms with Crippen molar-refractivity contribution < 1.29 is 26.7 Å². The number of hydrogen-bond acceptors (Lipinski definition) is 4. The van der Waals surface area contributed by atoms with Gasteiger partial charge in [-0.2, -0.15) is 13.1 Å². The Morgan fingerprint density at radius 3 is 2.68 bits per heavy atom. The van der Waals surface area contributed by atoms with Gasteiger partial charge in [0.05, 0.1) is 5.92 Å². The molecule has 0 aliphatic carbocycles. The normalized spacial score (nSPS) is 20.0. The minimum Gasteiger partial charge on any atom is -0.433 e. The highest BCUT2D eigenvalue weighted by Gasteiger charge is 2.34. The number of benzene rings is 1. The van der Waals surface area contributed by atoms with Crippen LogP contribution in [0.1, 0.15) is 12.8 Å². The number of primary amides is 1. The van der Waals surface area contributed by atoms with Crippen molar-refractivity contribution in [3.05, 3.63) is 24.3 Å². The average Bonchev–Trinajstić information content (AvgIpc) is 2.47. The standard InChI is InChI=1S/C13H16F2N2O4S/c14-13(15)21-10-5-1-2-6-11(10)22(19,20)17-7-3-4-9(8-17)12(16)18/h1-2,5-6,9,13H,3-4,7-8H2,(H2,16,18). The molecule has 0 saturated carbocycles. The average molecular weight is 334 g/mol. The van der Waals surface area contributed by atoms with Crippen molar-refractivity contribution in [3.8, 4) is 5.75 Å². The molecule has 1 unspecified atom stereocenters. The molecule has 122 valence electrons. The zero-order valence-electron chi connectivity index (χ0n) is 11.6. The van der Waals surface area contributed by atoms with Gasteiger partial charge in [0.15, 0.2) is 0 Å². The Labute approximate surface area is 126 Å². The first kappa shape index (κ1) is 16.6. The number of halogens is 2. The number of nitrogens with two attached hydrogens (primary N) is 1. The molecule has 0 aromatic heterocycles. The van der Waals surface area contributed by atoms with Gasteiger partial charge in [0.25, 0.3) is 0 Å². The third-order valence-corrected chi connectivity index (χ3v) is 5.37. The van der Waals surface area contributed by atoms with Crippen molar-refractivity contribution in [1.82, 2.24) is 4.31 Å². The van der Waals surface area contributed by atoms with E-state index in [4.69, 9.17) is 5.73 Å². The maximum Gasteiger partial charge on any atom is 0.387 e. The molecule has 0 radical (unpaired) electrons. The number of sulfonamides is 1. The lowest BCUT2D eigenvalue weighted by Gasteiger charge is -2.30. The van der Waals surface area contributed by atoms with Crippen molar-refractivity contribution in [3.63, 3.8) is 0 Å². The Hall–Kier alpha value is -1.74. The van der Waals surface area contributed by atoms with E-state index in [0.717, 1.165) is 10.4 Å². The predicted molar refractivity (Wildman–Crippen MR) is 73.8 cm³/mol. The van der Waals surface area contributed by atoms with Gasteiger partial charge in [0.1, 0.15) is 10.6 Å². The highest BCUT2D eigenvalue weighted by Crippen LogP contribution is 2.30. The summed E-state index contributed by atoms with van der Waals surface area (Å²) in [5.41, 5.74) is 5.22. The van der Waals surface area contributed by atoms with E-state index in [1.807, 2.05) is 0 Å². The number of piperidine rings is 1. The molecule has 0 spiro atoms. The second-order valence-electron chi connectivity index (χ2n) is 4.93. The van der Waals surface area contributed by atoms with E-state index >= 15 is 0 Å². The van der Waals surface area contributed by atoms with Crippen molar-refractivity contribution in [2.75, 3.05) is 13.1 Å². The summed E-state index contributed by atoms with van der Waals surface area (Å²) in [6.07, 6.45) is 0.987. The van der Waals surface area contributed by atoms with E-state index in [1.165, 1.54) is 18.2 Å². The van der Waals surface area contributed by atoms with Gasteiger partial charge in [-0.1, -0.05) is 12.1 Å². The van der Waals surface area contributed by atoms with E-state index in [2.05, 4.69) is 4.74 Å². The fourth-order valence-electron chi connectivity index (χ4n) is 2.39. The molecule has 9 heteroatoms. The monoisotopic (exact) mass is 334 g/mol. The molecule has 1 saturated heterocycles. The lowest BCUT2D eigenvalue weighted by Crippen LogP contribution is -2.44. The highest BCUT2D eigenvalue weighted by molar-refractivity contribution is 7.89. The molecule has 1 aliphatic heterocycles. The maximum absolute atomic E-state index is 12.6. The summed E-state index contributed by atoms with van der Waals surface area (Å²) >= 11 is 0. The molecular weight excluding hydrogens is 318 g/mol. The molecule has 0 bridgehead atoms. The van der Waals surface area contributed by atoms with Crippen LogP contribution in [0, 0.1) is 5.92 Å². The zero-order valence-corrected chi connectivity index (χ0v) is 12.4. The number of nitrogens with zero attached hydrogens (tertiary/aromatic N) is 1. The molecule has 1 aromatic carbocycles. The fraction of sp³-hybridized carbons (Fsp3) is 0.462. The number of ether oxygens (including phenoxy) is 1. The van der Waals surface area contributed by atoms with Gasteiger partial charge in [0, 0.05) is 13.1 Å². The number of amides is 1. The van der Waals surface area contributed by atoms with Gasteiger partial charge >= 0.3 is 6.61 Å². The molecule has 1 heterocycles. The molecule has 2 rings (SSSR count). The number of alkyl halides is 2. The van der Waals surface area contributed by atoms with Crippen LogP contribution in [0.15, 0.2) is 29.2 Å². The molecular formula is C13H16F2N2O4S. The van der Waals surface area contributed by atoms with Gasteiger partial charge in [-0.3, -0.25) is 4.79 Å². The largest absolute Gasteiger partial charge is 0.433 e. The Bertz CT molecular complexity index is 651. The highest BCUT2D eigenvalue weighted by atomic mass is 32.2. The van der Waals surface area contributed by atoms with Crippen molar-refractivity contribution >= 4 is 15.9 Å². The summed E-state index contributed by atoms with van der Waals surface area (Å²) in [6, 6.07) is 5.18. The SMILES string of the molecule is NC(=O)C1CCCN(S(=O)(=O)c2ccccc2OC(F)F)C1. The Morgan fingerprint density at radius 2 is 2.05 bits per heavy atom. The quantitative estimate of drug-likeness (QED) is 0.875. The molecule has 1 aliphatic rings. The molecule has 6 nitrogen and oxygen atoms in total. The van der Waals surface area contributed by atoms with Crippen LogP contribution in [0.4, 0.5) is 8.78 Å². The van der Waals surface area contributed by atoms with E-state index in [1.54, 1.807) is 0 Å². The van der Waals surface area contributed by atoms with Crippen LogP contribution in [0.25, 0.3) is 0 Å². The van der Waals surface area contributed by atoms with Crippen LogP contribution in [0.5, 0.6) is 5.75 Å². The maximum atomic E-state index is 12.6. The van der Waals surface area contributed by atoms with Crippen LogP contribution < -0.4 is 10.5 Å².